The van der Waals surface area contributed by atoms with E-state index in [4.69, 9.17) is 4.74 Å². The Balaban J connectivity index is 1.78. The Bertz CT molecular complexity index is 855. The highest BCUT2D eigenvalue weighted by Crippen LogP contribution is 2.37. The van der Waals surface area contributed by atoms with Crippen molar-refractivity contribution in [2.75, 3.05) is 0 Å². The molecule has 1 unspecified atom stereocenters. The molecule has 3 rings (SSSR count). The summed E-state index contributed by atoms with van der Waals surface area (Å²) < 4.78 is 6.30. The fourth-order valence-corrected chi connectivity index (χ4v) is 3.39. The molecule has 1 aliphatic heterocycles. The van der Waals surface area contributed by atoms with Gasteiger partial charge in [0.25, 0.3) is 0 Å². The van der Waals surface area contributed by atoms with E-state index >= 15 is 0 Å². The van der Waals surface area contributed by atoms with Gasteiger partial charge in [0, 0.05) is 0 Å². The molecule has 1 heterocycles. The normalized spacial score (nSPS) is 16.5. The highest BCUT2D eigenvalue weighted by molar-refractivity contribution is 6.00. The van der Waals surface area contributed by atoms with E-state index in [1.165, 1.54) is 11.1 Å². The van der Waals surface area contributed by atoms with Crippen molar-refractivity contribution in [2.24, 2.45) is 0 Å². The standard InChI is InChI=1S/C25H28O2/c1-18(2)9-7-10-19(3)15-16-21-13-8-14-22-23(26)17-24(27-25(21)22)20-11-5-4-6-12-20/h4-6,8-9,11-15,24H,7,10,16-17H2,1-3H3. The van der Waals surface area contributed by atoms with E-state index in [9.17, 15) is 4.79 Å². The molecule has 1 aliphatic rings. The van der Waals surface area contributed by atoms with Crippen LogP contribution in [0.25, 0.3) is 0 Å². The predicted molar refractivity (Wildman–Crippen MR) is 111 cm³/mol. The SMILES string of the molecule is CC(C)=CCCC(C)=CCc1cccc2c1OC(c1ccccc1)CC2=O. The van der Waals surface area contributed by atoms with E-state index in [-0.39, 0.29) is 11.9 Å². The minimum Gasteiger partial charge on any atom is -0.484 e. The lowest BCUT2D eigenvalue weighted by atomic mass is 9.93. The molecule has 27 heavy (non-hydrogen) atoms. The summed E-state index contributed by atoms with van der Waals surface area (Å²) in [5, 5.41) is 0. The molecule has 2 aromatic rings. The predicted octanol–water partition coefficient (Wildman–Crippen LogP) is 6.63. The minimum atomic E-state index is -0.199. The van der Waals surface area contributed by atoms with Crippen molar-refractivity contribution in [1.29, 1.82) is 0 Å². The zero-order valence-corrected chi connectivity index (χ0v) is 16.5. The number of fused-ring (bicyclic) bond motifs is 1. The van der Waals surface area contributed by atoms with Crippen molar-refractivity contribution in [3.8, 4) is 5.75 Å². The van der Waals surface area contributed by atoms with Gasteiger partial charge in [-0.2, -0.15) is 0 Å². The van der Waals surface area contributed by atoms with E-state index in [2.05, 4.69) is 39.0 Å². The summed E-state index contributed by atoms with van der Waals surface area (Å²) in [5.41, 5.74) is 5.59. The molecule has 140 valence electrons. The Morgan fingerprint density at radius 2 is 1.81 bits per heavy atom. The van der Waals surface area contributed by atoms with Crippen molar-refractivity contribution < 1.29 is 9.53 Å². The van der Waals surface area contributed by atoms with E-state index in [1.54, 1.807) is 0 Å². The molecular weight excluding hydrogens is 332 g/mol. The molecule has 0 aromatic heterocycles. The maximum atomic E-state index is 12.7. The Morgan fingerprint density at radius 1 is 1.04 bits per heavy atom. The highest BCUT2D eigenvalue weighted by Gasteiger charge is 2.28. The second-order valence-electron chi connectivity index (χ2n) is 7.51. The van der Waals surface area contributed by atoms with Gasteiger partial charge in [0.15, 0.2) is 5.78 Å². The van der Waals surface area contributed by atoms with Crippen molar-refractivity contribution in [3.63, 3.8) is 0 Å². The summed E-state index contributed by atoms with van der Waals surface area (Å²) in [4.78, 5) is 12.7. The molecule has 2 nitrogen and oxygen atoms in total. The summed E-state index contributed by atoms with van der Waals surface area (Å²) >= 11 is 0. The Kier molecular flexibility index (Phi) is 6.28. The van der Waals surface area contributed by atoms with Gasteiger partial charge in [-0.1, -0.05) is 65.8 Å². The van der Waals surface area contributed by atoms with Crippen LogP contribution in [0.3, 0.4) is 0 Å². The van der Waals surface area contributed by atoms with Crippen molar-refractivity contribution >= 4 is 5.78 Å². The van der Waals surface area contributed by atoms with Crippen molar-refractivity contribution in [2.45, 2.75) is 52.6 Å². The number of carbonyl (C=O) groups is 1. The number of Topliss-reactive ketones (excluding diaryl/α,β-unsaturated/α-hetero) is 1. The summed E-state index contributed by atoms with van der Waals surface area (Å²) in [7, 11) is 0. The molecule has 0 spiro atoms. The van der Waals surface area contributed by atoms with Crippen LogP contribution in [0.1, 0.15) is 67.6 Å². The second-order valence-corrected chi connectivity index (χ2v) is 7.51. The lowest BCUT2D eigenvalue weighted by molar-refractivity contribution is 0.0848. The molecule has 0 N–H and O–H groups in total. The van der Waals surface area contributed by atoms with Crippen molar-refractivity contribution in [3.05, 3.63) is 88.5 Å². The number of ether oxygens (including phenoxy) is 1. The largest absolute Gasteiger partial charge is 0.484 e. The van der Waals surface area contributed by atoms with Gasteiger partial charge in [-0.25, -0.2) is 0 Å². The third kappa shape index (κ3) is 4.97. The molecule has 2 aromatic carbocycles. The first-order valence-corrected chi connectivity index (χ1v) is 9.70. The number of rotatable bonds is 6. The fourth-order valence-electron chi connectivity index (χ4n) is 3.39. The number of para-hydroxylation sites is 1. The van der Waals surface area contributed by atoms with Crippen LogP contribution in [0.4, 0.5) is 0 Å². The highest BCUT2D eigenvalue weighted by atomic mass is 16.5. The van der Waals surface area contributed by atoms with Gasteiger partial charge < -0.3 is 4.74 Å². The van der Waals surface area contributed by atoms with Crippen LogP contribution in [-0.2, 0) is 6.42 Å². The van der Waals surface area contributed by atoms with Crippen LogP contribution in [0, 0.1) is 0 Å². The summed E-state index contributed by atoms with van der Waals surface area (Å²) in [6.07, 6.45) is 7.66. The number of allylic oxidation sites excluding steroid dienone is 4. The van der Waals surface area contributed by atoms with Gasteiger partial charge >= 0.3 is 0 Å². The molecule has 0 radical (unpaired) electrons. The van der Waals surface area contributed by atoms with Crippen LogP contribution in [0.15, 0.2) is 71.8 Å². The summed E-state index contributed by atoms with van der Waals surface area (Å²) in [6, 6.07) is 15.9. The fraction of sp³-hybridized carbons (Fsp3) is 0.320. The maximum absolute atomic E-state index is 12.7. The minimum absolute atomic E-state index is 0.163. The number of hydrogen-bond donors (Lipinski definition) is 0. The molecule has 0 fully saturated rings. The van der Waals surface area contributed by atoms with Gasteiger partial charge in [0.05, 0.1) is 12.0 Å². The van der Waals surface area contributed by atoms with E-state index in [1.807, 2.05) is 42.5 Å². The summed E-state index contributed by atoms with van der Waals surface area (Å²) in [5.74, 6) is 0.923. The molecule has 0 bridgehead atoms. The van der Waals surface area contributed by atoms with E-state index in [0.29, 0.717) is 6.42 Å². The third-order valence-electron chi connectivity index (χ3n) is 4.96. The van der Waals surface area contributed by atoms with Crippen LogP contribution >= 0.6 is 0 Å². The topological polar surface area (TPSA) is 26.3 Å². The van der Waals surface area contributed by atoms with Gasteiger partial charge in [0.2, 0.25) is 0 Å². The number of hydrogen-bond acceptors (Lipinski definition) is 2. The zero-order chi connectivity index (χ0) is 19.2. The van der Waals surface area contributed by atoms with Crippen LogP contribution in [0.2, 0.25) is 0 Å². The molecule has 0 aliphatic carbocycles. The average Bonchev–Trinajstić information content (AvgIpc) is 2.67. The molecule has 2 heteroatoms. The lowest BCUT2D eigenvalue weighted by Crippen LogP contribution is -2.21. The van der Waals surface area contributed by atoms with Gasteiger partial charge in [-0.3, -0.25) is 4.79 Å². The number of carbonyl (C=O) groups excluding carboxylic acids is 1. The quantitative estimate of drug-likeness (QED) is 0.541. The van der Waals surface area contributed by atoms with Crippen LogP contribution in [0.5, 0.6) is 5.75 Å². The molecule has 0 saturated heterocycles. The molecule has 1 atom stereocenters. The Morgan fingerprint density at radius 3 is 2.56 bits per heavy atom. The van der Waals surface area contributed by atoms with Gasteiger partial charge in [-0.15, -0.1) is 0 Å². The number of benzene rings is 2. The average molecular weight is 360 g/mol. The lowest BCUT2D eigenvalue weighted by Gasteiger charge is -2.27. The monoisotopic (exact) mass is 360 g/mol. The number of ketones is 1. The smallest absolute Gasteiger partial charge is 0.170 e. The van der Waals surface area contributed by atoms with Gasteiger partial charge in [0.1, 0.15) is 11.9 Å². The zero-order valence-electron chi connectivity index (χ0n) is 16.5. The second kappa shape index (κ2) is 8.85. The summed E-state index contributed by atoms with van der Waals surface area (Å²) in [6.45, 7) is 6.44. The van der Waals surface area contributed by atoms with Gasteiger partial charge in [-0.05, 0) is 57.2 Å². The van der Waals surface area contributed by atoms with E-state index in [0.717, 1.165) is 41.7 Å². The molecule has 0 saturated carbocycles. The maximum Gasteiger partial charge on any atom is 0.170 e. The molecule has 0 amide bonds. The van der Waals surface area contributed by atoms with Crippen LogP contribution < -0.4 is 4.74 Å². The Labute approximate surface area is 162 Å². The van der Waals surface area contributed by atoms with Crippen molar-refractivity contribution in [1.82, 2.24) is 0 Å². The first-order chi connectivity index (χ1) is 13.0. The Hall–Kier alpha value is -2.61. The van der Waals surface area contributed by atoms with Crippen LogP contribution in [-0.4, -0.2) is 5.78 Å². The molecular formula is C25H28O2. The first kappa shape index (κ1) is 19.2. The third-order valence-corrected chi connectivity index (χ3v) is 4.96. The first-order valence-electron chi connectivity index (χ1n) is 9.70. The van der Waals surface area contributed by atoms with E-state index < -0.39 is 0 Å².